The molecule has 0 spiro atoms. The van der Waals surface area contributed by atoms with Crippen LogP contribution in [-0.4, -0.2) is 36.7 Å². The van der Waals surface area contributed by atoms with Crippen LogP contribution in [0.15, 0.2) is 22.7 Å². The number of ether oxygens (including phenoxy) is 1. The number of rotatable bonds is 4. The number of halogens is 1. The van der Waals surface area contributed by atoms with Crippen LogP contribution in [0.2, 0.25) is 0 Å². The van der Waals surface area contributed by atoms with E-state index in [-0.39, 0.29) is 5.54 Å². The lowest BCUT2D eigenvalue weighted by atomic mass is 10.1. The van der Waals surface area contributed by atoms with Gasteiger partial charge < -0.3 is 10.1 Å². The van der Waals surface area contributed by atoms with E-state index in [1.807, 2.05) is 0 Å². The molecule has 0 saturated carbocycles. The van der Waals surface area contributed by atoms with Crippen molar-refractivity contribution in [1.29, 1.82) is 0 Å². The third-order valence-electron chi connectivity index (χ3n) is 3.44. The summed E-state index contributed by atoms with van der Waals surface area (Å²) in [6.45, 7) is 12.2. The van der Waals surface area contributed by atoms with Gasteiger partial charge in [0.1, 0.15) is 0 Å². The molecule has 1 N–H and O–H groups in total. The van der Waals surface area contributed by atoms with E-state index in [0.717, 1.165) is 39.4 Å². The van der Waals surface area contributed by atoms with Gasteiger partial charge in [0.05, 0.1) is 13.2 Å². The molecule has 0 radical (unpaired) electrons. The molecule has 0 amide bonds. The fourth-order valence-electron chi connectivity index (χ4n) is 2.20. The predicted molar refractivity (Wildman–Crippen MR) is 86.8 cm³/mol. The lowest BCUT2D eigenvalue weighted by Gasteiger charge is -2.27. The number of nitrogens with one attached hydrogen (secondary N) is 1. The zero-order valence-electron chi connectivity index (χ0n) is 12.7. The van der Waals surface area contributed by atoms with Crippen LogP contribution in [0, 0.1) is 0 Å². The summed E-state index contributed by atoms with van der Waals surface area (Å²) in [5.41, 5.74) is 2.82. The fourth-order valence-corrected chi connectivity index (χ4v) is 2.75. The van der Waals surface area contributed by atoms with E-state index in [4.69, 9.17) is 4.74 Å². The molecule has 1 fully saturated rings. The van der Waals surface area contributed by atoms with Crippen molar-refractivity contribution in [2.75, 3.05) is 26.3 Å². The molecule has 1 heterocycles. The maximum atomic E-state index is 5.39. The van der Waals surface area contributed by atoms with Gasteiger partial charge in [-0.05, 0) is 38.0 Å². The first-order valence-electron chi connectivity index (χ1n) is 7.26. The zero-order chi connectivity index (χ0) is 14.6. The first kappa shape index (κ1) is 16.0. The van der Waals surface area contributed by atoms with E-state index in [1.54, 1.807) is 0 Å². The Morgan fingerprint density at radius 1 is 1.25 bits per heavy atom. The minimum absolute atomic E-state index is 0.152. The minimum atomic E-state index is 0.152. The highest BCUT2D eigenvalue weighted by atomic mass is 79.9. The molecule has 0 atom stereocenters. The van der Waals surface area contributed by atoms with Gasteiger partial charge in [0.2, 0.25) is 0 Å². The Labute approximate surface area is 130 Å². The summed E-state index contributed by atoms with van der Waals surface area (Å²) in [6.07, 6.45) is 0. The Morgan fingerprint density at radius 3 is 2.55 bits per heavy atom. The van der Waals surface area contributed by atoms with Gasteiger partial charge in [-0.1, -0.05) is 28.1 Å². The van der Waals surface area contributed by atoms with E-state index in [9.17, 15) is 0 Å². The van der Waals surface area contributed by atoms with Gasteiger partial charge in [0, 0.05) is 36.2 Å². The summed E-state index contributed by atoms with van der Waals surface area (Å²) >= 11 is 3.71. The quantitative estimate of drug-likeness (QED) is 0.910. The Morgan fingerprint density at radius 2 is 1.95 bits per heavy atom. The molecule has 0 unspecified atom stereocenters. The van der Waals surface area contributed by atoms with Crippen LogP contribution in [0.4, 0.5) is 0 Å². The summed E-state index contributed by atoms with van der Waals surface area (Å²) in [5, 5.41) is 3.52. The molecule has 1 aliphatic heterocycles. The van der Waals surface area contributed by atoms with Gasteiger partial charge in [-0.25, -0.2) is 0 Å². The van der Waals surface area contributed by atoms with E-state index in [1.165, 1.54) is 15.6 Å². The lowest BCUT2D eigenvalue weighted by Crippen LogP contribution is -2.36. The van der Waals surface area contributed by atoms with Crippen LogP contribution >= 0.6 is 15.9 Å². The maximum absolute atomic E-state index is 5.39. The summed E-state index contributed by atoms with van der Waals surface area (Å²) in [5.74, 6) is 0. The van der Waals surface area contributed by atoms with Crippen molar-refractivity contribution < 1.29 is 4.74 Å². The van der Waals surface area contributed by atoms with Gasteiger partial charge in [-0.3, -0.25) is 4.90 Å². The van der Waals surface area contributed by atoms with Crippen molar-refractivity contribution in [3.8, 4) is 0 Å². The van der Waals surface area contributed by atoms with Crippen LogP contribution in [0.5, 0.6) is 0 Å². The van der Waals surface area contributed by atoms with Crippen LogP contribution in [-0.2, 0) is 17.8 Å². The van der Waals surface area contributed by atoms with Crippen molar-refractivity contribution >= 4 is 15.9 Å². The average molecular weight is 341 g/mol. The number of hydrogen-bond donors (Lipinski definition) is 1. The summed E-state index contributed by atoms with van der Waals surface area (Å²) in [7, 11) is 0. The zero-order valence-corrected chi connectivity index (χ0v) is 14.3. The second-order valence-corrected chi connectivity index (χ2v) is 7.27. The minimum Gasteiger partial charge on any atom is -0.379 e. The van der Waals surface area contributed by atoms with E-state index in [0.29, 0.717) is 0 Å². The largest absolute Gasteiger partial charge is 0.379 e. The van der Waals surface area contributed by atoms with Crippen molar-refractivity contribution in [3.05, 3.63) is 33.8 Å². The standard InChI is InChI=1S/C16H25BrN2O/c1-16(2,3)18-11-13-4-5-14(15(17)10-13)12-19-6-8-20-9-7-19/h4-5,10,18H,6-9,11-12H2,1-3H3. The molecule has 112 valence electrons. The molecule has 20 heavy (non-hydrogen) atoms. The van der Waals surface area contributed by atoms with Crippen LogP contribution < -0.4 is 5.32 Å². The average Bonchev–Trinajstić information content (AvgIpc) is 2.40. The number of hydrogen-bond acceptors (Lipinski definition) is 3. The molecule has 1 aliphatic rings. The number of nitrogens with zero attached hydrogens (tertiary/aromatic N) is 1. The monoisotopic (exact) mass is 340 g/mol. The molecule has 4 heteroatoms. The normalized spacial score (nSPS) is 17.4. The van der Waals surface area contributed by atoms with Gasteiger partial charge >= 0.3 is 0 Å². The first-order valence-corrected chi connectivity index (χ1v) is 8.06. The van der Waals surface area contributed by atoms with E-state index < -0.39 is 0 Å². The predicted octanol–water partition coefficient (Wildman–Crippen LogP) is 3.17. The van der Waals surface area contributed by atoms with Gasteiger partial charge in [0.25, 0.3) is 0 Å². The van der Waals surface area contributed by atoms with Gasteiger partial charge in [-0.15, -0.1) is 0 Å². The number of morpholine rings is 1. The SMILES string of the molecule is CC(C)(C)NCc1ccc(CN2CCOCC2)c(Br)c1. The first-order chi connectivity index (χ1) is 9.44. The molecule has 1 saturated heterocycles. The topological polar surface area (TPSA) is 24.5 Å². The van der Waals surface area contributed by atoms with Gasteiger partial charge in [0.15, 0.2) is 0 Å². The van der Waals surface area contributed by atoms with E-state index in [2.05, 4.69) is 65.1 Å². The molecular formula is C16H25BrN2O. The lowest BCUT2D eigenvalue weighted by molar-refractivity contribution is 0.0341. The number of benzene rings is 1. The molecule has 1 aromatic rings. The fraction of sp³-hybridized carbons (Fsp3) is 0.625. The smallest absolute Gasteiger partial charge is 0.0594 e. The highest BCUT2D eigenvalue weighted by Crippen LogP contribution is 2.21. The van der Waals surface area contributed by atoms with Crippen LogP contribution in [0.1, 0.15) is 31.9 Å². The Hall–Kier alpha value is -0.420. The third kappa shape index (κ3) is 5.17. The Balaban J connectivity index is 1.94. The highest BCUT2D eigenvalue weighted by molar-refractivity contribution is 9.10. The van der Waals surface area contributed by atoms with Crippen molar-refractivity contribution in [3.63, 3.8) is 0 Å². The van der Waals surface area contributed by atoms with E-state index >= 15 is 0 Å². The second kappa shape index (κ2) is 7.03. The molecule has 0 aromatic heterocycles. The molecule has 2 rings (SSSR count). The third-order valence-corrected chi connectivity index (χ3v) is 4.18. The second-order valence-electron chi connectivity index (χ2n) is 6.42. The van der Waals surface area contributed by atoms with Gasteiger partial charge in [-0.2, -0.15) is 0 Å². The van der Waals surface area contributed by atoms with Crippen molar-refractivity contribution in [2.24, 2.45) is 0 Å². The molecular weight excluding hydrogens is 316 g/mol. The van der Waals surface area contributed by atoms with Crippen molar-refractivity contribution in [2.45, 2.75) is 39.4 Å². The molecule has 3 nitrogen and oxygen atoms in total. The highest BCUT2D eigenvalue weighted by Gasteiger charge is 2.13. The van der Waals surface area contributed by atoms with Crippen LogP contribution in [0.3, 0.4) is 0 Å². The molecule has 0 bridgehead atoms. The Bertz CT molecular complexity index is 437. The summed E-state index contributed by atoms with van der Waals surface area (Å²) in [6, 6.07) is 6.69. The summed E-state index contributed by atoms with van der Waals surface area (Å²) < 4.78 is 6.59. The maximum Gasteiger partial charge on any atom is 0.0594 e. The van der Waals surface area contributed by atoms with Crippen molar-refractivity contribution in [1.82, 2.24) is 10.2 Å². The Kier molecular flexibility index (Phi) is 5.61. The molecule has 0 aliphatic carbocycles. The summed E-state index contributed by atoms with van der Waals surface area (Å²) in [4.78, 5) is 2.44. The molecule has 1 aromatic carbocycles. The van der Waals surface area contributed by atoms with Crippen LogP contribution in [0.25, 0.3) is 0 Å².